The molecule has 1 atom stereocenters. The molecule has 0 aliphatic carbocycles. The van der Waals surface area contributed by atoms with Gasteiger partial charge in [-0.05, 0) is 29.8 Å². The third kappa shape index (κ3) is 5.04. The monoisotopic (exact) mass is 413 g/mol. The van der Waals surface area contributed by atoms with Gasteiger partial charge in [0.2, 0.25) is 0 Å². The van der Waals surface area contributed by atoms with Crippen LogP contribution in [0.2, 0.25) is 0 Å². The van der Waals surface area contributed by atoms with Crippen LogP contribution in [-0.2, 0) is 4.74 Å². The van der Waals surface area contributed by atoms with Gasteiger partial charge in [0.15, 0.2) is 0 Å². The molecule has 0 bridgehead atoms. The zero-order valence-corrected chi connectivity index (χ0v) is 18.2. The van der Waals surface area contributed by atoms with Crippen LogP contribution < -0.4 is 19.7 Å². The SMILES string of the molecule is COc1cccc(OC)c1C(=O)NC[C@H](c1ccc(N(C)C)cc1)N1CCOCC1. The van der Waals surface area contributed by atoms with Gasteiger partial charge >= 0.3 is 0 Å². The van der Waals surface area contributed by atoms with Crippen molar-refractivity contribution >= 4 is 11.6 Å². The first-order valence-electron chi connectivity index (χ1n) is 10.1. The summed E-state index contributed by atoms with van der Waals surface area (Å²) in [7, 11) is 7.15. The zero-order chi connectivity index (χ0) is 21.5. The van der Waals surface area contributed by atoms with E-state index in [4.69, 9.17) is 14.2 Å². The van der Waals surface area contributed by atoms with Crippen LogP contribution in [0.3, 0.4) is 0 Å². The number of hydrogen-bond donors (Lipinski definition) is 1. The van der Waals surface area contributed by atoms with E-state index in [1.165, 1.54) is 0 Å². The Balaban J connectivity index is 1.81. The van der Waals surface area contributed by atoms with Gasteiger partial charge in [-0.3, -0.25) is 9.69 Å². The highest BCUT2D eigenvalue weighted by atomic mass is 16.5. The zero-order valence-electron chi connectivity index (χ0n) is 18.2. The highest BCUT2D eigenvalue weighted by molar-refractivity contribution is 5.99. The lowest BCUT2D eigenvalue weighted by atomic mass is 10.0. The molecule has 0 unspecified atom stereocenters. The molecule has 1 N–H and O–H groups in total. The number of carbonyl (C=O) groups is 1. The van der Waals surface area contributed by atoms with E-state index < -0.39 is 0 Å². The molecule has 1 amide bonds. The number of anilines is 1. The molecule has 1 aliphatic rings. The summed E-state index contributed by atoms with van der Waals surface area (Å²) in [5.74, 6) is 0.766. The first-order valence-corrected chi connectivity index (χ1v) is 10.1. The topological polar surface area (TPSA) is 63.3 Å². The molecule has 162 valence electrons. The molecular weight excluding hydrogens is 382 g/mol. The average Bonchev–Trinajstić information content (AvgIpc) is 2.79. The highest BCUT2D eigenvalue weighted by Gasteiger charge is 2.25. The van der Waals surface area contributed by atoms with Crippen molar-refractivity contribution in [2.45, 2.75) is 6.04 Å². The molecule has 2 aromatic rings. The largest absolute Gasteiger partial charge is 0.496 e. The summed E-state index contributed by atoms with van der Waals surface area (Å²) in [5.41, 5.74) is 2.71. The number of nitrogens with one attached hydrogen (secondary N) is 1. The first-order chi connectivity index (χ1) is 14.5. The molecule has 1 fully saturated rings. The maximum Gasteiger partial charge on any atom is 0.258 e. The summed E-state index contributed by atoms with van der Waals surface area (Å²) in [6.07, 6.45) is 0. The minimum absolute atomic E-state index is 0.0507. The second kappa shape index (κ2) is 10.3. The van der Waals surface area contributed by atoms with Crippen LogP contribution in [0.15, 0.2) is 42.5 Å². The number of amides is 1. The Morgan fingerprint density at radius 2 is 1.67 bits per heavy atom. The minimum Gasteiger partial charge on any atom is -0.496 e. The van der Waals surface area contributed by atoms with Gasteiger partial charge in [0, 0.05) is 39.4 Å². The van der Waals surface area contributed by atoms with Crippen molar-refractivity contribution in [1.82, 2.24) is 10.2 Å². The van der Waals surface area contributed by atoms with Crippen LogP contribution in [0.1, 0.15) is 22.0 Å². The molecule has 3 rings (SSSR count). The molecular formula is C23H31N3O4. The van der Waals surface area contributed by atoms with Crippen molar-refractivity contribution in [3.05, 3.63) is 53.6 Å². The normalized spacial score (nSPS) is 15.3. The Morgan fingerprint density at radius 3 is 2.20 bits per heavy atom. The fraction of sp³-hybridized carbons (Fsp3) is 0.435. The van der Waals surface area contributed by atoms with Crippen LogP contribution in [0.5, 0.6) is 11.5 Å². The van der Waals surface area contributed by atoms with Gasteiger partial charge in [-0.2, -0.15) is 0 Å². The second-order valence-corrected chi connectivity index (χ2v) is 7.40. The molecule has 0 saturated carbocycles. The van der Waals surface area contributed by atoms with E-state index in [0.29, 0.717) is 36.8 Å². The Morgan fingerprint density at radius 1 is 1.07 bits per heavy atom. The van der Waals surface area contributed by atoms with Gasteiger partial charge in [-0.25, -0.2) is 0 Å². The fourth-order valence-corrected chi connectivity index (χ4v) is 3.69. The summed E-state index contributed by atoms with van der Waals surface area (Å²) >= 11 is 0. The molecule has 2 aromatic carbocycles. The number of nitrogens with zero attached hydrogens (tertiary/aromatic N) is 2. The predicted octanol–water partition coefficient (Wildman–Crippen LogP) is 2.57. The summed E-state index contributed by atoms with van der Waals surface area (Å²) in [6.45, 7) is 3.52. The third-order valence-corrected chi connectivity index (χ3v) is 5.39. The van der Waals surface area contributed by atoms with Gasteiger partial charge < -0.3 is 24.4 Å². The molecule has 0 radical (unpaired) electrons. The quantitative estimate of drug-likeness (QED) is 0.718. The molecule has 0 aromatic heterocycles. The first kappa shape index (κ1) is 21.9. The number of rotatable bonds is 8. The summed E-state index contributed by atoms with van der Waals surface area (Å²) in [6, 6.07) is 13.8. The molecule has 1 aliphatic heterocycles. The van der Waals surface area contributed by atoms with Crippen LogP contribution in [0.25, 0.3) is 0 Å². The van der Waals surface area contributed by atoms with Gasteiger partial charge in [0.1, 0.15) is 17.1 Å². The Bertz CT molecular complexity index is 811. The smallest absolute Gasteiger partial charge is 0.258 e. The summed E-state index contributed by atoms with van der Waals surface area (Å²) in [4.78, 5) is 17.5. The lowest BCUT2D eigenvalue weighted by molar-refractivity contribution is 0.0162. The number of ether oxygens (including phenoxy) is 3. The molecule has 30 heavy (non-hydrogen) atoms. The number of morpholine rings is 1. The lowest BCUT2D eigenvalue weighted by Gasteiger charge is -2.35. The van der Waals surface area contributed by atoms with E-state index in [-0.39, 0.29) is 11.9 Å². The Hall–Kier alpha value is -2.77. The Labute approximate surface area is 178 Å². The number of carbonyl (C=O) groups excluding carboxylic acids is 1. The maximum atomic E-state index is 13.0. The van der Waals surface area contributed by atoms with E-state index in [1.807, 2.05) is 14.1 Å². The van der Waals surface area contributed by atoms with Crippen molar-refractivity contribution in [2.24, 2.45) is 0 Å². The predicted molar refractivity (Wildman–Crippen MR) is 118 cm³/mol. The fourth-order valence-electron chi connectivity index (χ4n) is 3.69. The minimum atomic E-state index is -0.215. The number of benzene rings is 2. The van der Waals surface area contributed by atoms with Gasteiger partial charge in [0.05, 0.1) is 33.5 Å². The summed E-state index contributed by atoms with van der Waals surface area (Å²) < 4.78 is 16.3. The second-order valence-electron chi connectivity index (χ2n) is 7.40. The standard InChI is InChI=1S/C23H31N3O4/c1-25(2)18-10-8-17(9-11-18)19(26-12-14-30-15-13-26)16-24-23(27)22-20(28-3)6-5-7-21(22)29-4/h5-11,19H,12-16H2,1-4H3,(H,24,27)/t19-/m1/s1. The highest BCUT2D eigenvalue weighted by Crippen LogP contribution is 2.29. The van der Waals surface area contributed by atoms with Gasteiger partial charge in [-0.15, -0.1) is 0 Å². The van der Waals surface area contributed by atoms with E-state index in [9.17, 15) is 4.79 Å². The van der Waals surface area contributed by atoms with E-state index in [2.05, 4.69) is 39.4 Å². The molecule has 0 spiro atoms. The summed E-state index contributed by atoms with van der Waals surface area (Å²) in [5, 5.41) is 3.09. The van der Waals surface area contributed by atoms with Crippen LogP contribution in [0.4, 0.5) is 5.69 Å². The van der Waals surface area contributed by atoms with Crippen LogP contribution in [0, 0.1) is 0 Å². The lowest BCUT2D eigenvalue weighted by Crippen LogP contribution is -2.43. The van der Waals surface area contributed by atoms with Gasteiger partial charge in [-0.1, -0.05) is 18.2 Å². The number of hydrogen-bond acceptors (Lipinski definition) is 6. The van der Waals surface area contributed by atoms with Gasteiger partial charge in [0.25, 0.3) is 5.91 Å². The van der Waals surface area contributed by atoms with E-state index in [1.54, 1.807) is 32.4 Å². The molecule has 7 nitrogen and oxygen atoms in total. The van der Waals surface area contributed by atoms with Crippen LogP contribution in [-0.4, -0.2) is 72.0 Å². The molecule has 1 heterocycles. The maximum absolute atomic E-state index is 13.0. The van der Waals surface area contributed by atoms with Crippen molar-refractivity contribution < 1.29 is 19.0 Å². The van der Waals surface area contributed by atoms with Crippen molar-refractivity contribution in [1.29, 1.82) is 0 Å². The van der Waals surface area contributed by atoms with Crippen molar-refractivity contribution in [2.75, 3.05) is 66.1 Å². The van der Waals surface area contributed by atoms with Crippen molar-refractivity contribution in [3.63, 3.8) is 0 Å². The number of methoxy groups -OCH3 is 2. The third-order valence-electron chi connectivity index (χ3n) is 5.39. The average molecular weight is 414 g/mol. The van der Waals surface area contributed by atoms with Crippen LogP contribution >= 0.6 is 0 Å². The van der Waals surface area contributed by atoms with Crippen molar-refractivity contribution in [3.8, 4) is 11.5 Å². The molecule has 1 saturated heterocycles. The molecule has 7 heteroatoms. The Kier molecular flexibility index (Phi) is 7.54. The van der Waals surface area contributed by atoms with E-state index in [0.717, 1.165) is 24.3 Å². The van der Waals surface area contributed by atoms with E-state index >= 15 is 0 Å².